The van der Waals surface area contributed by atoms with Crippen molar-refractivity contribution in [3.63, 3.8) is 0 Å². The van der Waals surface area contributed by atoms with E-state index in [1.165, 1.54) is 0 Å². The summed E-state index contributed by atoms with van der Waals surface area (Å²) in [5.41, 5.74) is -6.78. The number of alkyl halides is 3. The second-order valence-electron chi connectivity index (χ2n) is 4.11. The number of benzene rings is 1. The highest BCUT2D eigenvalue weighted by molar-refractivity contribution is 8.02. The van der Waals surface area contributed by atoms with E-state index in [9.17, 15) is 31.7 Å². The van der Waals surface area contributed by atoms with Crippen LogP contribution in [0.1, 0.15) is 10.8 Å². The summed E-state index contributed by atoms with van der Waals surface area (Å²) >= 11 is 0.663. The molecule has 0 radical (unpaired) electrons. The van der Waals surface area contributed by atoms with Gasteiger partial charge in [-0.1, -0.05) is 30.3 Å². The Labute approximate surface area is 121 Å². The molecule has 1 fully saturated rings. The molecule has 11 heteroatoms. The van der Waals surface area contributed by atoms with Crippen LogP contribution in [0.4, 0.5) is 13.2 Å². The molecule has 116 valence electrons. The molecule has 21 heavy (non-hydrogen) atoms. The number of nitro groups is 1. The summed E-state index contributed by atoms with van der Waals surface area (Å²) in [6.07, 6.45) is 0. The smallest absolute Gasteiger partial charge is 0.264 e. The zero-order valence-corrected chi connectivity index (χ0v) is 11.7. The van der Waals surface area contributed by atoms with E-state index < -0.39 is 37.3 Å². The molecule has 0 saturated carbocycles. The topological polar surface area (TPSA) is 86.5 Å². The molecule has 0 bridgehead atoms. The molecule has 1 aliphatic rings. The fourth-order valence-electron chi connectivity index (χ4n) is 1.75. The second kappa shape index (κ2) is 5.46. The highest BCUT2D eigenvalue weighted by Crippen LogP contribution is 2.51. The lowest BCUT2D eigenvalue weighted by atomic mass is 10.1. The summed E-state index contributed by atoms with van der Waals surface area (Å²) in [7, 11) is -5.86. The Hall–Kier alpha value is -1.33. The average Bonchev–Trinajstić information content (AvgIpc) is 2.32. The lowest BCUT2D eigenvalue weighted by molar-refractivity contribution is -0.532. The zero-order chi connectivity index (χ0) is 15.8. The van der Waals surface area contributed by atoms with Gasteiger partial charge in [0.05, 0.1) is 0 Å². The van der Waals surface area contributed by atoms with Crippen LogP contribution in [0.5, 0.6) is 0 Å². The van der Waals surface area contributed by atoms with Crippen LogP contribution in [-0.2, 0) is 14.3 Å². The van der Waals surface area contributed by atoms with E-state index in [1.54, 1.807) is 30.3 Å². The van der Waals surface area contributed by atoms with Gasteiger partial charge in [0.1, 0.15) is 5.25 Å². The lowest BCUT2D eigenvalue weighted by Crippen LogP contribution is -2.49. The summed E-state index contributed by atoms with van der Waals surface area (Å²) in [6, 6.07) is 6.50. The van der Waals surface area contributed by atoms with Crippen LogP contribution in [0, 0.1) is 10.1 Å². The Balaban J connectivity index is 2.17. The number of halogens is 3. The fourth-order valence-corrected chi connectivity index (χ4v) is 3.86. The Morgan fingerprint density at radius 2 is 1.81 bits per heavy atom. The third-order valence-corrected chi connectivity index (χ3v) is 5.38. The first kappa shape index (κ1) is 16.0. The van der Waals surface area contributed by atoms with Gasteiger partial charge in [-0.2, -0.15) is 21.6 Å². The summed E-state index contributed by atoms with van der Waals surface area (Å²) in [5.74, 6) is 0. The molecule has 1 aliphatic heterocycles. The van der Waals surface area contributed by atoms with E-state index in [0.717, 1.165) is 0 Å². The number of rotatable bonds is 4. The van der Waals surface area contributed by atoms with Crippen LogP contribution in [0.15, 0.2) is 30.3 Å². The SMILES string of the molecule is O=[N+]([O-])[C@@H]1[C@@H](OS(=O)(=O)C(F)(F)F)S[C@H]1c1ccccc1. The Morgan fingerprint density at radius 3 is 2.29 bits per heavy atom. The highest BCUT2D eigenvalue weighted by atomic mass is 32.2. The summed E-state index contributed by atoms with van der Waals surface area (Å²) in [4.78, 5) is 10.1. The normalized spacial score (nSPS) is 26.1. The van der Waals surface area contributed by atoms with Crippen molar-refractivity contribution < 1.29 is 30.7 Å². The maximum Gasteiger partial charge on any atom is 0.523 e. The van der Waals surface area contributed by atoms with E-state index in [2.05, 4.69) is 4.18 Å². The van der Waals surface area contributed by atoms with Gasteiger partial charge in [0, 0.05) is 4.92 Å². The first-order chi connectivity index (χ1) is 9.63. The predicted molar refractivity (Wildman–Crippen MR) is 67.4 cm³/mol. The van der Waals surface area contributed by atoms with Gasteiger partial charge in [-0.3, -0.25) is 10.1 Å². The van der Waals surface area contributed by atoms with Gasteiger partial charge < -0.3 is 0 Å². The largest absolute Gasteiger partial charge is 0.523 e. The molecule has 1 aromatic carbocycles. The molecule has 6 nitrogen and oxygen atoms in total. The molecule has 0 unspecified atom stereocenters. The highest BCUT2D eigenvalue weighted by Gasteiger charge is 2.58. The molecule has 0 amide bonds. The van der Waals surface area contributed by atoms with Gasteiger partial charge in [0.2, 0.25) is 0 Å². The minimum Gasteiger partial charge on any atom is -0.264 e. The van der Waals surface area contributed by atoms with Crippen LogP contribution in [0.25, 0.3) is 0 Å². The molecule has 3 atom stereocenters. The van der Waals surface area contributed by atoms with Gasteiger partial charge in [0.15, 0.2) is 5.44 Å². The average molecular weight is 343 g/mol. The van der Waals surface area contributed by atoms with Crippen molar-refractivity contribution in [2.45, 2.75) is 22.2 Å². The van der Waals surface area contributed by atoms with Crippen molar-refractivity contribution in [3.8, 4) is 0 Å². The van der Waals surface area contributed by atoms with Crippen LogP contribution in [0.3, 0.4) is 0 Å². The van der Waals surface area contributed by atoms with Gasteiger partial charge in [-0.25, -0.2) is 4.18 Å². The van der Waals surface area contributed by atoms with E-state index in [1.807, 2.05) is 0 Å². The molecule has 0 N–H and O–H groups in total. The van der Waals surface area contributed by atoms with Crippen LogP contribution >= 0.6 is 11.8 Å². The molecule has 0 spiro atoms. The van der Waals surface area contributed by atoms with Crippen LogP contribution < -0.4 is 0 Å². The number of nitrogens with zero attached hydrogens (tertiary/aromatic N) is 1. The summed E-state index contributed by atoms with van der Waals surface area (Å²) in [5, 5.41) is 10.2. The van der Waals surface area contributed by atoms with Gasteiger partial charge >= 0.3 is 15.6 Å². The monoisotopic (exact) mass is 343 g/mol. The standard InChI is InChI=1S/C10H8F3NO5S2/c11-10(12,13)21(17,18)19-9-7(14(15)16)8(20-9)6-4-2-1-3-5-6/h1-5,7-9H/t7-,8-,9-/m0/s1. The van der Waals surface area contributed by atoms with E-state index in [-0.39, 0.29) is 0 Å². The molecule has 1 heterocycles. The minimum atomic E-state index is -5.86. The fraction of sp³-hybridized carbons (Fsp3) is 0.400. The third-order valence-electron chi connectivity index (χ3n) is 2.75. The quantitative estimate of drug-likeness (QED) is 0.361. The van der Waals surface area contributed by atoms with Crippen molar-refractivity contribution >= 4 is 21.9 Å². The summed E-state index contributed by atoms with van der Waals surface area (Å²) < 4.78 is 62.3. The Kier molecular flexibility index (Phi) is 4.17. The van der Waals surface area contributed by atoms with Crippen molar-refractivity contribution in [2.24, 2.45) is 0 Å². The maximum atomic E-state index is 12.2. The van der Waals surface area contributed by atoms with Crippen molar-refractivity contribution in [1.29, 1.82) is 0 Å². The molecule has 0 aliphatic carbocycles. The van der Waals surface area contributed by atoms with E-state index >= 15 is 0 Å². The van der Waals surface area contributed by atoms with E-state index in [0.29, 0.717) is 17.3 Å². The second-order valence-corrected chi connectivity index (χ2v) is 6.92. The first-order valence-electron chi connectivity index (χ1n) is 5.47. The van der Waals surface area contributed by atoms with Crippen LogP contribution in [-0.4, -0.2) is 30.3 Å². The lowest BCUT2D eigenvalue weighted by Gasteiger charge is -2.36. The number of hydrogen-bond donors (Lipinski definition) is 0. The maximum absolute atomic E-state index is 12.2. The van der Waals surface area contributed by atoms with Gasteiger partial charge in [0.25, 0.3) is 6.04 Å². The predicted octanol–water partition coefficient (Wildman–Crippen LogP) is 2.31. The Bertz CT molecular complexity index is 634. The van der Waals surface area contributed by atoms with Gasteiger partial charge in [-0.15, -0.1) is 11.8 Å². The molecule has 1 aromatic rings. The number of hydrogen-bond acceptors (Lipinski definition) is 6. The summed E-state index contributed by atoms with van der Waals surface area (Å²) in [6.45, 7) is 0. The van der Waals surface area contributed by atoms with Crippen LogP contribution in [0.2, 0.25) is 0 Å². The molecular weight excluding hydrogens is 335 g/mol. The van der Waals surface area contributed by atoms with Crippen molar-refractivity contribution in [3.05, 3.63) is 46.0 Å². The third kappa shape index (κ3) is 3.14. The molecule has 2 rings (SSSR count). The molecule has 1 saturated heterocycles. The first-order valence-corrected chi connectivity index (χ1v) is 7.82. The molecule has 0 aromatic heterocycles. The number of thioether (sulfide) groups is 1. The zero-order valence-electron chi connectivity index (χ0n) is 10.1. The van der Waals surface area contributed by atoms with Gasteiger partial charge in [-0.05, 0) is 5.56 Å². The van der Waals surface area contributed by atoms with Crippen molar-refractivity contribution in [1.82, 2.24) is 0 Å². The Morgan fingerprint density at radius 1 is 1.24 bits per heavy atom. The minimum absolute atomic E-state index is 0.522. The van der Waals surface area contributed by atoms with Crippen molar-refractivity contribution in [2.75, 3.05) is 0 Å². The van der Waals surface area contributed by atoms with E-state index in [4.69, 9.17) is 0 Å². The molecular formula is C10H8F3NO5S2.